The molecule has 6 nitrogen and oxygen atoms in total. The summed E-state index contributed by atoms with van der Waals surface area (Å²) in [4.78, 5) is 10.3. The summed E-state index contributed by atoms with van der Waals surface area (Å²) < 4.78 is 26.8. The first-order chi connectivity index (χ1) is 6.85. The van der Waals surface area contributed by atoms with Crippen LogP contribution in [0.3, 0.4) is 0 Å². The Balaban J connectivity index is 2.99. The average molecular weight is 251 g/mol. The lowest BCUT2D eigenvalue weighted by Gasteiger charge is -1.99. The first kappa shape index (κ1) is 11.9. The maximum Gasteiger partial charge on any atom is 0.309 e. The predicted molar refractivity (Wildman–Crippen MR) is 55.8 cm³/mol. The van der Waals surface area contributed by atoms with E-state index < -0.39 is 15.0 Å². The summed E-state index contributed by atoms with van der Waals surface area (Å²) in [7, 11) is -3.61. The molecule has 0 unspecified atom stereocenters. The highest BCUT2D eigenvalue weighted by Crippen LogP contribution is 2.34. The molecule has 1 rings (SSSR count). The van der Waals surface area contributed by atoms with Crippen molar-refractivity contribution in [1.82, 2.24) is 0 Å². The Morgan fingerprint density at radius 1 is 1.60 bits per heavy atom. The Labute approximate surface area is 90.8 Å². The number of aryl methyl sites for hydroxylation is 1. The van der Waals surface area contributed by atoms with E-state index in [-0.39, 0.29) is 16.5 Å². The Morgan fingerprint density at radius 3 is 2.60 bits per heavy atom. The van der Waals surface area contributed by atoms with E-state index in [9.17, 15) is 18.5 Å². The van der Waals surface area contributed by atoms with Gasteiger partial charge in [-0.2, -0.15) is 8.42 Å². The van der Waals surface area contributed by atoms with Crippen LogP contribution in [0.1, 0.15) is 11.8 Å². The van der Waals surface area contributed by atoms with E-state index in [1.54, 1.807) is 0 Å². The van der Waals surface area contributed by atoms with Crippen LogP contribution in [0.4, 0.5) is 5.69 Å². The van der Waals surface area contributed by atoms with Gasteiger partial charge in [-0.1, -0.05) is 11.3 Å². The van der Waals surface area contributed by atoms with Crippen molar-refractivity contribution in [2.45, 2.75) is 13.8 Å². The summed E-state index contributed by atoms with van der Waals surface area (Å²) in [6.07, 6.45) is 0. The number of hydrogen-bond acceptors (Lipinski definition) is 6. The molecule has 0 radical (unpaired) electrons. The van der Waals surface area contributed by atoms with Crippen molar-refractivity contribution in [2.75, 3.05) is 5.75 Å². The Bertz CT molecular complexity index is 476. The highest BCUT2D eigenvalue weighted by atomic mass is 32.2. The van der Waals surface area contributed by atoms with Crippen LogP contribution in [0.25, 0.3) is 0 Å². The Morgan fingerprint density at radius 2 is 2.20 bits per heavy atom. The lowest BCUT2D eigenvalue weighted by Crippen LogP contribution is -2.10. The van der Waals surface area contributed by atoms with Gasteiger partial charge in [-0.05, 0) is 13.8 Å². The molecular formula is C7H9NO5S2. The van der Waals surface area contributed by atoms with Crippen molar-refractivity contribution >= 4 is 27.1 Å². The molecule has 0 atom stereocenters. The van der Waals surface area contributed by atoms with E-state index >= 15 is 0 Å². The molecule has 1 aromatic heterocycles. The van der Waals surface area contributed by atoms with Crippen molar-refractivity contribution in [3.63, 3.8) is 0 Å². The highest BCUT2D eigenvalue weighted by Gasteiger charge is 2.19. The molecule has 0 saturated carbocycles. The molecule has 0 aliphatic rings. The predicted octanol–water partition coefficient (Wildman–Crippen LogP) is 1.69. The summed E-state index contributed by atoms with van der Waals surface area (Å²) in [5.74, 6) is -0.169. The third-order valence-electron chi connectivity index (χ3n) is 1.63. The molecule has 0 aliphatic carbocycles. The maximum atomic E-state index is 11.1. The molecule has 1 aromatic rings. The van der Waals surface area contributed by atoms with Gasteiger partial charge < -0.3 is 4.18 Å². The number of thiophene rings is 1. The zero-order valence-electron chi connectivity index (χ0n) is 8.09. The highest BCUT2D eigenvalue weighted by molar-refractivity contribution is 7.87. The molecule has 0 aliphatic heterocycles. The van der Waals surface area contributed by atoms with Crippen LogP contribution in [-0.4, -0.2) is 19.1 Å². The van der Waals surface area contributed by atoms with Crippen LogP contribution in [0, 0.1) is 17.0 Å². The molecule has 0 amide bonds. The van der Waals surface area contributed by atoms with Crippen LogP contribution in [0.15, 0.2) is 6.07 Å². The van der Waals surface area contributed by atoms with E-state index in [0.717, 1.165) is 17.4 Å². The van der Waals surface area contributed by atoms with Gasteiger partial charge in [0.05, 0.1) is 21.6 Å². The minimum atomic E-state index is -3.61. The van der Waals surface area contributed by atoms with Gasteiger partial charge in [0, 0.05) is 0 Å². The van der Waals surface area contributed by atoms with Crippen molar-refractivity contribution in [3.05, 3.63) is 21.1 Å². The van der Waals surface area contributed by atoms with Gasteiger partial charge in [-0.3, -0.25) is 10.1 Å². The first-order valence-corrected chi connectivity index (χ1v) is 6.42. The van der Waals surface area contributed by atoms with E-state index in [4.69, 9.17) is 0 Å². The van der Waals surface area contributed by atoms with E-state index in [1.165, 1.54) is 13.8 Å². The molecule has 1 heterocycles. The van der Waals surface area contributed by atoms with Gasteiger partial charge in [-0.15, -0.1) is 0 Å². The number of hydrogen-bond donors (Lipinski definition) is 0. The van der Waals surface area contributed by atoms with Crippen molar-refractivity contribution < 1.29 is 17.5 Å². The lowest BCUT2D eigenvalue weighted by molar-refractivity contribution is -0.385. The number of nitro groups is 1. The second-order valence-electron chi connectivity index (χ2n) is 2.69. The fraction of sp³-hybridized carbons (Fsp3) is 0.429. The largest absolute Gasteiger partial charge is 0.371 e. The van der Waals surface area contributed by atoms with Gasteiger partial charge >= 0.3 is 10.1 Å². The summed E-state index contributed by atoms with van der Waals surface area (Å²) in [6.45, 7) is 2.97. The van der Waals surface area contributed by atoms with Gasteiger partial charge in [0.15, 0.2) is 0 Å². The average Bonchev–Trinajstić information content (AvgIpc) is 2.46. The van der Waals surface area contributed by atoms with Crippen LogP contribution in [0.2, 0.25) is 0 Å². The maximum absolute atomic E-state index is 11.1. The smallest absolute Gasteiger partial charge is 0.309 e. The molecule has 8 heteroatoms. The summed E-state index contributed by atoms with van der Waals surface area (Å²) in [5, 5.41) is 10.5. The number of rotatable bonds is 4. The molecular weight excluding hydrogens is 242 g/mol. The van der Waals surface area contributed by atoms with Gasteiger partial charge in [0.2, 0.25) is 5.06 Å². The standard InChI is InChI=1S/C7H9NO5S2/c1-3-15(11,12)13-7-4-6(8(9)10)5(2)14-7/h4H,3H2,1-2H3. The lowest BCUT2D eigenvalue weighted by atomic mass is 10.4. The fourth-order valence-corrected chi connectivity index (χ4v) is 2.43. The van der Waals surface area contributed by atoms with Crippen LogP contribution >= 0.6 is 11.3 Å². The minimum absolute atomic E-state index is 0.0288. The van der Waals surface area contributed by atoms with E-state index in [2.05, 4.69) is 4.18 Å². The first-order valence-electron chi connectivity index (χ1n) is 4.02. The third-order valence-corrected chi connectivity index (χ3v) is 3.79. The van der Waals surface area contributed by atoms with Crippen LogP contribution in [0.5, 0.6) is 5.06 Å². The van der Waals surface area contributed by atoms with Crippen LogP contribution < -0.4 is 4.18 Å². The summed E-state index contributed by atoms with van der Waals surface area (Å²) >= 11 is 0.942. The molecule has 84 valence electrons. The number of nitrogens with zero attached hydrogens (tertiary/aromatic N) is 1. The van der Waals surface area contributed by atoms with Crippen molar-refractivity contribution in [3.8, 4) is 5.06 Å². The quantitative estimate of drug-likeness (QED) is 0.461. The summed E-state index contributed by atoms with van der Waals surface area (Å²) in [6, 6.07) is 1.12. The molecule has 0 spiro atoms. The Hall–Kier alpha value is -1.15. The van der Waals surface area contributed by atoms with Crippen molar-refractivity contribution in [2.24, 2.45) is 0 Å². The van der Waals surface area contributed by atoms with Crippen molar-refractivity contribution in [1.29, 1.82) is 0 Å². The molecule has 15 heavy (non-hydrogen) atoms. The summed E-state index contributed by atoms with van der Waals surface area (Å²) in [5.41, 5.74) is -0.124. The second kappa shape index (κ2) is 4.15. The molecule has 0 N–H and O–H groups in total. The third kappa shape index (κ3) is 2.90. The van der Waals surface area contributed by atoms with Gasteiger partial charge in [0.1, 0.15) is 0 Å². The van der Waals surface area contributed by atoms with Gasteiger partial charge in [0.25, 0.3) is 5.69 Å². The monoisotopic (exact) mass is 251 g/mol. The van der Waals surface area contributed by atoms with Crippen LogP contribution in [-0.2, 0) is 10.1 Å². The fourth-order valence-electron chi connectivity index (χ4n) is 0.852. The normalized spacial score (nSPS) is 11.3. The molecule has 0 aromatic carbocycles. The molecule has 0 fully saturated rings. The molecule has 0 bridgehead atoms. The second-order valence-corrected chi connectivity index (χ2v) is 5.77. The SMILES string of the molecule is CCS(=O)(=O)Oc1cc([N+](=O)[O-])c(C)s1. The van der Waals surface area contributed by atoms with Gasteiger partial charge in [-0.25, -0.2) is 0 Å². The topological polar surface area (TPSA) is 86.5 Å². The zero-order chi connectivity index (χ0) is 11.6. The molecule has 0 saturated heterocycles. The zero-order valence-corrected chi connectivity index (χ0v) is 9.72. The minimum Gasteiger partial charge on any atom is -0.371 e. The van der Waals surface area contributed by atoms with E-state index in [0.29, 0.717) is 4.88 Å². The Kier molecular flexibility index (Phi) is 3.30. The van der Waals surface area contributed by atoms with E-state index in [1.807, 2.05) is 0 Å².